The molecule has 0 radical (unpaired) electrons. The van der Waals surface area contributed by atoms with E-state index in [0.29, 0.717) is 23.7 Å². The molecule has 0 aliphatic rings. The average Bonchev–Trinajstić information content (AvgIpc) is 2.52. The van der Waals surface area contributed by atoms with Gasteiger partial charge in [0.1, 0.15) is 23.9 Å². The van der Waals surface area contributed by atoms with Crippen LogP contribution >= 0.6 is 0 Å². The molecule has 21 heavy (non-hydrogen) atoms. The smallest absolute Gasteiger partial charge is 0.129 e. The van der Waals surface area contributed by atoms with Gasteiger partial charge in [-0.1, -0.05) is 18.2 Å². The molecule has 0 aliphatic carbocycles. The van der Waals surface area contributed by atoms with E-state index in [1.165, 1.54) is 0 Å². The molecule has 0 bridgehead atoms. The zero-order valence-electron chi connectivity index (χ0n) is 11.8. The fourth-order valence-electron chi connectivity index (χ4n) is 1.96. The van der Waals surface area contributed by atoms with E-state index in [9.17, 15) is 0 Å². The first kappa shape index (κ1) is 14.9. The van der Waals surface area contributed by atoms with Gasteiger partial charge in [-0.25, -0.2) is 0 Å². The van der Waals surface area contributed by atoms with Crippen molar-refractivity contribution in [3.63, 3.8) is 0 Å². The van der Waals surface area contributed by atoms with Crippen LogP contribution in [0.1, 0.15) is 16.7 Å². The van der Waals surface area contributed by atoms with Crippen molar-refractivity contribution in [3.05, 3.63) is 59.2 Å². The molecule has 0 saturated heterocycles. The number of nitrogen functional groups attached to an aromatic ring is 1. The number of methoxy groups -OCH3 is 1. The Kier molecular flexibility index (Phi) is 4.79. The highest BCUT2D eigenvalue weighted by Crippen LogP contribution is 2.21. The molecule has 110 valence electrons. The van der Waals surface area contributed by atoms with Crippen LogP contribution in [0.25, 0.3) is 0 Å². The number of rotatable bonds is 6. The fraction of sp³-hybridized carbons (Fsp3) is 0.188. The van der Waals surface area contributed by atoms with Crippen LogP contribution in [0.3, 0.4) is 0 Å². The lowest BCUT2D eigenvalue weighted by Crippen LogP contribution is -2.13. The summed E-state index contributed by atoms with van der Waals surface area (Å²) < 4.78 is 10.8. The van der Waals surface area contributed by atoms with Crippen LogP contribution < -0.4 is 15.2 Å². The third-order valence-corrected chi connectivity index (χ3v) is 3.04. The predicted molar refractivity (Wildman–Crippen MR) is 80.7 cm³/mol. The lowest BCUT2D eigenvalue weighted by atomic mass is 10.1. The monoisotopic (exact) mass is 286 g/mol. The molecule has 0 aliphatic heterocycles. The summed E-state index contributed by atoms with van der Waals surface area (Å²) in [6.07, 6.45) is 0. The maximum absolute atomic E-state index is 9.10. The summed E-state index contributed by atoms with van der Waals surface area (Å²) in [7, 11) is 1.54. The van der Waals surface area contributed by atoms with Crippen molar-refractivity contribution in [2.75, 3.05) is 7.11 Å². The Hall–Kier alpha value is -2.53. The molecule has 0 fully saturated rings. The van der Waals surface area contributed by atoms with Crippen LogP contribution in [0.5, 0.6) is 11.5 Å². The lowest BCUT2D eigenvalue weighted by Gasteiger charge is -2.11. The highest BCUT2D eigenvalue weighted by molar-refractivity contribution is 5.97. The second-order valence-corrected chi connectivity index (χ2v) is 4.54. The quantitative estimate of drug-likeness (QED) is 0.560. The van der Waals surface area contributed by atoms with Crippen molar-refractivity contribution in [1.82, 2.24) is 0 Å². The van der Waals surface area contributed by atoms with Gasteiger partial charge in [0, 0.05) is 0 Å². The van der Waals surface area contributed by atoms with E-state index in [-0.39, 0.29) is 12.4 Å². The van der Waals surface area contributed by atoms with Gasteiger partial charge in [0.25, 0.3) is 0 Å². The summed E-state index contributed by atoms with van der Waals surface area (Å²) >= 11 is 0. The zero-order valence-corrected chi connectivity index (χ0v) is 11.8. The topological polar surface area (TPSA) is 88.6 Å². The fourth-order valence-corrected chi connectivity index (χ4v) is 1.96. The third-order valence-electron chi connectivity index (χ3n) is 3.04. The second-order valence-electron chi connectivity index (χ2n) is 4.54. The molecule has 0 aromatic heterocycles. The Morgan fingerprint density at radius 2 is 2.00 bits per heavy atom. The maximum Gasteiger partial charge on any atom is 0.129 e. The highest BCUT2D eigenvalue weighted by Gasteiger charge is 2.07. The van der Waals surface area contributed by atoms with Crippen LogP contribution in [0, 0.1) is 5.41 Å². The Bertz CT molecular complexity index is 641. The van der Waals surface area contributed by atoms with Gasteiger partial charge in [0.15, 0.2) is 0 Å². The number of ether oxygens (including phenoxy) is 2. The minimum Gasteiger partial charge on any atom is -0.496 e. The van der Waals surface area contributed by atoms with E-state index < -0.39 is 0 Å². The van der Waals surface area contributed by atoms with E-state index in [2.05, 4.69) is 0 Å². The Labute approximate surface area is 123 Å². The normalized spacial score (nSPS) is 10.2. The van der Waals surface area contributed by atoms with Gasteiger partial charge in [0.2, 0.25) is 0 Å². The van der Waals surface area contributed by atoms with Gasteiger partial charge in [-0.3, -0.25) is 5.41 Å². The molecule has 0 unspecified atom stereocenters. The highest BCUT2D eigenvalue weighted by atomic mass is 16.5. The molecule has 0 amide bonds. The Balaban J connectivity index is 2.12. The molecular formula is C16H18N2O3. The maximum atomic E-state index is 9.10. The van der Waals surface area contributed by atoms with E-state index in [0.717, 1.165) is 11.1 Å². The van der Waals surface area contributed by atoms with E-state index in [4.69, 9.17) is 25.7 Å². The van der Waals surface area contributed by atoms with Crippen molar-refractivity contribution in [1.29, 1.82) is 5.41 Å². The summed E-state index contributed by atoms with van der Waals surface area (Å²) in [4.78, 5) is 0. The standard InChI is InChI=1S/C16H18N2O3/c1-20-15-6-5-12(8-14(15)16(17)18)10-21-13-4-2-3-11(7-13)9-19/h2-8,19H,9-10H2,1H3,(H3,17,18). The molecule has 2 aromatic carbocycles. The molecule has 0 spiro atoms. The number of aliphatic hydroxyl groups is 1. The number of hydrogen-bond acceptors (Lipinski definition) is 4. The molecule has 2 rings (SSSR count). The van der Waals surface area contributed by atoms with Gasteiger partial charge >= 0.3 is 0 Å². The number of aliphatic hydroxyl groups excluding tert-OH is 1. The number of nitrogens with two attached hydrogens (primary N) is 1. The van der Waals surface area contributed by atoms with Crippen molar-refractivity contribution >= 4 is 5.84 Å². The second kappa shape index (κ2) is 6.76. The van der Waals surface area contributed by atoms with Gasteiger partial charge in [-0.2, -0.15) is 0 Å². The lowest BCUT2D eigenvalue weighted by molar-refractivity contribution is 0.278. The number of nitrogens with one attached hydrogen (secondary N) is 1. The summed E-state index contributed by atoms with van der Waals surface area (Å²) in [5, 5.41) is 16.7. The summed E-state index contributed by atoms with van der Waals surface area (Å²) in [6, 6.07) is 12.7. The largest absolute Gasteiger partial charge is 0.496 e. The van der Waals surface area contributed by atoms with Crippen molar-refractivity contribution in [2.24, 2.45) is 5.73 Å². The Morgan fingerprint density at radius 3 is 2.67 bits per heavy atom. The van der Waals surface area contributed by atoms with Crippen molar-refractivity contribution in [2.45, 2.75) is 13.2 Å². The first-order chi connectivity index (χ1) is 10.1. The SMILES string of the molecule is COc1ccc(COc2cccc(CO)c2)cc1C(=N)N. The molecule has 0 heterocycles. The minimum absolute atomic E-state index is 0.0196. The zero-order chi connectivity index (χ0) is 15.2. The molecule has 0 atom stereocenters. The van der Waals surface area contributed by atoms with Gasteiger partial charge in [0.05, 0.1) is 19.3 Å². The number of benzene rings is 2. The van der Waals surface area contributed by atoms with Crippen LogP contribution in [0.15, 0.2) is 42.5 Å². The van der Waals surface area contributed by atoms with Crippen LogP contribution in [-0.4, -0.2) is 18.1 Å². The van der Waals surface area contributed by atoms with Crippen molar-refractivity contribution < 1.29 is 14.6 Å². The van der Waals surface area contributed by atoms with Gasteiger partial charge in [-0.15, -0.1) is 0 Å². The van der Waals surface area contributed by atoms with E-state index >= 15 is 0 Å². The molecule has 2 aromatic rings. The first-order valence-electron chi connectivity index (χ1n) is 6.48. The summed E-state index contributed by atoms with van der Waals surface area (Å²) in [5.74, 6) is 1.20. The first-order valence-corrected chi connectivity index (χ1v) is 6.48. The average molecular weight is 286 g/mol. The molecule has 5 heteroatoms. The van der Waals surface area contributed by atoms with E-state index in [1.807, 2.05) is 24.3 Å². The minimum atomic E-state index is -0.0454. The van der Waals surface area contributed by atoms with Crippen LogP contribution in [0.4, 0.5) is 0 Å². The Morgan fingerprint density at radius 1 is 1.19 bits per heavy atom. The third kappa shape index (κ3) is 3.73. The van der Waals surface area contributed by atoms with E-state index in [1.54, 1.807) is 25.3 Å². The van der Waals surface area contributed by atoms with Gasteiger partial charge in [-0.05, 0) is 35.4 Å². The van der Waals surface area contributed by atoms with Crippen LogP contribution in [-0.2, 0) is 13.2 Å². The molecule has 5 nitrogen and oxygen atoms in total. The molecule has 4 N–H and O–H groups in total. The number of amidine groups is 1. The van der Waals surface area contributed by atoms with Crippen LogP contribution in [0.2, 0.25) is 0 Å². The molecule has 0 saturated carbocycles. The summed E-state index contributed by atoms with van der Waals surface area (Å²) in [5.41, 5.74) is 7.77. The summed E-state index contributed by atoms with van der Waals surface area (Å²) in [6.45, 7) is 0.327. The van der Waals surface area contributed by atoms with Gasteiger partial charge < -0.3 is 20.3 Å². The predicted octanol–water partition coefficient (Wildman–Crippen LogP) is 2.05. The molecular weight excluding hydrogens is 268 g/mol. The number of hydrogen-bond donors (Lipinski definition) is 3. The van der Waals surface area contributed by atoms with Crippen molar-refractivity contribution in [3.8, 4) is 11.5 Å².